The van der Waals surface area contributed by atoms with Gasteiger partial charge >= 0.3 is 0 Å². The van der Waals surface area contributed by atoms with Crippen LogP contribution in [0.3, 0.4) is 0 Å². The number of halogens is 1. The van der Waals surface area contributed by atoms with Gasteiger partial charge in [-0.3, -0.25) is 0 Å². The SMILES string of the molecule is C=CC[C@H](O)c1cccc(Cl)c1. The zero-order valence-corrected chi connectivity index (χ0v) is 7.46. The molecule has 1 N–H and O–H groups in total. The van der Waals surface area contributed by atoms with Gasteiger partial charge in [-0.05, 0) is 24.1 Å². The summed E-state index contributed by atoms with van der Waals surface area (Å²) in [5.41, 5.74) is 0.836. The Balaban J connectivity index is 2.80. The fraction of sp³-hybridized carbons (Fsp3) is 0.200. The van der Waals surface area contributed by atoms with Gasteiger partial charge in [0.2, 0.25) is 0 Å². The Bertz CT molecular complexity index is 270. The molecule has 1 aromatic rings. The molecule has 0 radical (unpaired) electrons. The number of rotatable bonds is 3. The first-order chi connectivity index (χ1) is 5.74. The van der Waals surface area contributed by atoms with E-state index in [4.69, 9.17) is 11.6 Å². The van der Waals surface area contributed by atoms with Gasteiger partial charge in [0.25, 0.3) is 0 Å². The van der Waals surface area contributed by atoms with Crippen LogP contribution >= 0.6 is 11.6 Å². The molecule has 0 aliphatic heterocycles. The maximum Gasteiger partial charge on any atom is 0.0824 e. The highest BCUT2D eigenvalue weighted by atomic mass is 35.5. The Kier molecular flexibility index (Phi) is 3.32. The van der Waals surface area contributed by atoms with Crippen molar-refractivity contribution in [3.63, 3.8) is 0 Å². The zero-order valence-electron chi connectivity index (χ0n) is 6.70. The van der Waals surface area contributed by atoms with Crippen LogP contribution in [-0.2, 0) is 0 Å². The van der Waals surface area contributed by atoms with Crippen LogP contribution in [0.15, 0.2) is 36.9 Å². The molecule has 0 aliphatic rings. The Morgan fingerprint density at radius 1 is 1.58 bits per heavy atom. The molecule has 0 saturated heterocycles. The second kappa shape index (κ2) is 4.29. The summed E-state index contributed by atoms with van der Waals surface area (Å²) in [5, 5.41) is 10.2. The molecule has 64 valence electrons. The highest BCUT2D eigenvalue weighted by Gasteiger charge is 2.04. The van der Waals surface area contributed by atoms with Crippen molar-refractivity contribution in [1.29, 1.82) is 0 Å². The fourth-order valence-electron chi connectivity index (χ4n) is 1.01. The van der Waals surface area contributed by atoms with Gasteiger partial charge < -0.3 is 5.11 Å². The van der Waals surface area contributed by atoms with E-state index in [9.17, 15) is 5.11 Å². The summed E-state index contributed by atoms with van der Waals surface area (Å²) >= 11 is 5.75. The summed E-state index contributed by atoms with van der Waals surface area (Å²) in [7, 11) is 0. The molecule has 0 aliphatic carbocycles. The monoisotopic (exact) mass is 182 g/mol. The third-order valence-electron chi connectivity index (χ3n) is 1.62. The molecular weight excluding hydrogens is 172 g/mol. The maximum atomic E-state index is 9.52. The minimum Gasteiger partial charge on any atom is -0.388 e. The average molecular weight is 183 g/mol. The highest BCUT2D eigenvalue weighted by Crippen LogP contribution is 2.19. The molecule has 0 bridgehead atoms. The van der Waals surface area contributed by atoms with Crippen molar-refractivity contribution in [1.82, 2.24) is 0 Å². The van der Waals surface area contributed by atoms with Gasteiger partial charge in [-0.15, -0.1) is 6.58 Å². The molecule has 1 aromatic carbocycles. The molecule has 0 spiro atoms. The van der Waals surface area contributed by atoms with Crippen LogP contribution in [0.1, 0.15) is 18.1 Å². The van der Waals surface area contributed by atoms with Gasteiger partial charge in [-0.25, -0.2) is 0 Å². The summed E-state index contributed by atoms with van der Waals surface area (Å²) < 4.78 is 0. The van der Waals surface area contributed by atoms with Crippen molar-refractivity contribution in [3.8, 4) is 0 Å². The van der Waals surface area contributed by atoms with E-state index in [2.05, 4.69) is 6.58 Å². The standard InChI is InChI=1S/C10H11ClO/c1-2-4-10(12)8-5-3-6-9(11)7-8/h2-3,5-7,10,12H,1,4H2/t10-/m0/s1. The molecule has 1 atom stereocenters. The van der Waals surface area contributed by atoms with E-state index in [0.29, 0.717) is 11.4 Å². The van der Waals surface area contributed by atoms with E-state index in [1.54, 1.807) is 18.2 Å². The maximum absolute atomic E-state index is 9.52. The lowest BCUT2D eigenvalue weighted by atomic mass is 10.1. The molecule has 0 fully saturated rings. The Morgan fingerprint density at radius 2 is 2.33 bits per heavy atom. The van der Waals surface area contributed by atoms with Gasteiger partial charge in [0.05, 0.1) is 6.10 Å². The molecule has 0 amide bonds. The fourth-order valence-corrected chi connectivity index (χ4v) is 1.21. The molecule has 12 heavy (non-hydrogen) atoms. The molecule has 1 rings (SSSR count). The van der Waals surface area contributed by atoms with Crippen LogP contribution in [0.2, 0.25) is 5.02 Å². The number of aliphatic hydroxyl groups is 1. The van der Waals surface area contributed by atoms with Crippen LogP contribution in [0, 0.1) is 0 Å². The number of hydrogen-bond donors (Lipinski definition) is 1. The topological polar surface area (TPSA) is 20.2 Å². The summed E-state index contributed by atoms with van der Waals surface area (Å²) in [6.07, 6.45) is 1.76. The van der Waals surface area contributed by atoms with Crippen molar-refractivity contribution in [2.24, 2.45) is 0 Å². The normalized spacial score (nSPS) is 12.5. The van der Waals surface area contributed by atoms with Gasteiger partial charge in [0.1, 0.15) is 0 Å². The van der Waals surface area contributed by atoms with Gasteiger partial charge in [0, 0.05) is 5.02 Å². The molecular formula is C10H11ClO. The van der Waals surface area contributed by atoms with E-state index in [1.165, 1.54) is 0 Å². The first-order valence-corrected chi connectivity index (χ1v) is 4.16. The van der Waals surface area contributed by atoms with E-state index in [0.717, 1.165) is 5.56 Å². The molecule has 0 aromatic heterocycles. The van der Waals surface area contributed by atoms with Crippen LogP contribution in [0.5, 0.6) is 0 Å². The molecule has 2 heteroatoms. The Hall–Kier alpha value is -0.790. The average Bonchev–Trinajstić information content (AvgIpc) is 2.05. The second-order valence-electron chi connectivity index (χ2n) is 2.60. The predicted octanol–water partition coefficient (Wildman–Crippen LogP) is 2.95. The Morgan fingerprint density at radius 3 is 2.92 bits per heavy atom. The highest BCUT2D eigenvalue weighted by molar-refractivity contribution is 6.30. The van der Waals surface area contributed by atoms with Gasteiger partial charge in [0.15, 0.2) is 0 Å². The molecule has 0 unspecified atom stereocenters. The number of benzene rings is 1. The summed E-state index contributed by atoms with van der Waals surface area (Å²) in [4.78, 5) is 0. The zero-order chi connectivity index (χ0) is 8.97. The second-order valence-corrected chi connectivity index (χ2v) is 3.03. The Labute approximate surface area is 77.3 Å². The minimum absolute atomic E-state index is 0.485. The number of aliphatic hydroxyl groups excluding tert-OH is 1. The summed E-state index contributed by atoms with van der Waals surface area (Å²) in [5.74, 6) is 0. The smallest absolute Gasteiger partial charge is 0.0824 e. The lowest BCUT2D eigenvalue weighted by Gasteiger charge is -2.07. The summed E-state index contributed by atoms with van der Waals surface area (Å²) in [6, 6.07) is 7.21. The van der Waals surface area contributed by atoms with Crippen LogP contribution in [0.25, 0.3) is 0 Å². The van der Waals surface area contributed by atoms with E-state index >= 15 is 0 Å². The minimum atomic E-state index is -0.485. The molecule has 0 heterocycles. The summed E-state index contributed by atoms with van der Waals surface area (Å²) in [6.45, 7) is 3.56. The van der Waals surface area contributed by atoms with Crippen molar-refractivity contribution in [2.45, 2.75) is 12.5 Å². The largest absolute Gasteiger partial charge is 0.388 e. The van der Waals surface area contributed by atoms with Gasteiger partial charge in [-0.1, -0.05) is 29.8 Å². The van der Waals surface area contributed by atoms with Crippen molar-refractivity contribution in [2.75, 3.05) is 0 Å². The van der Waals surface area contributed by atoms with Crippen LogP contribution in [0.4, 0.5) is 0 Å². The lowest BCUT2D eigenvalue weighted by molar-refractivity contribution is 0.181. The quantitative estimate of drug-likeness (QED) is 0.713. The number of hydrogen-bond acceptors (Lipinski definition) is 1. The van der Waals surface area contributed by atoms with Crippen molar-refractivity contribution >= 4 is 11.6 Å². The third-order valence-corrected chi connectivity index (χ3v) is 1.86. The van der Waals surface area contributed by atoms with Crippen LogP contribution in [-0.4, -0.2) is 5.11 Å². The van der Waals surface area contributed by atoms with E-state index in [-0.39, 0.29) is 0 Å². The predicted molar refractivity (Wildman–Crippen MR) is 51.2 cm³/mol. The first kappa shape index (κ1) is 9.30. The van der Waals surface area contributed by atoms with Crippen molar-refractivity contribution in [3.05, 3.63) is 47.5 Å². The first-order valence-electron chi connectivity index (χ1n) is 3.78. The van der Waals surface area contributed by atoms with E-state index in [1.807, 2.05) is 12.1 Å². The van der Waals surface area contributed by atoms with E-state index < -0.39 is 6.10 Å². The lowest BCUT2D eigenvalue weighted by Crippen LogP contribution is -1.94. The van der Waals surface area contributed by atoms with Crippen LogP contribution < -0.4 is 0 Å². The molecule has 0 saturated carbocycles. The van der Waals surface area contributed by atoms with Gasteiger partial charge in [-0.2, -0.15) is 0 Å². The van der Waals surface area contributed by atoms with Crippen molar-refractivity contribution < 1.29 is 5.11 Å². The third kappa shape index (κ3) is 2.36. The molecule has 1 nitrogen and oxygen atoms in total.